The number of aromatic nitrogens is 1. The largest absolute Gasteiger partial charge is 0.436 e. The quantitative estimate of drug-likeness (QED) is 0.822. The van der Waals surface area contributed by atoms with Gasteiger partial charge in [-0.1, -0.05) is 35.3 Å². The molecule has 0 unspecified atom stereocenters. The lowest BCUT2D eigenvalue weighted by atomic mass is 10.3. The van der Waals surface area contributed by atoms with Crippen molar-refractivity contribution >= 4 is 23.2 Å². The van der Waals surface area contributed by atoms with Crippen molar-refractivity contribution in [2.45, 2.75) is 0 Å². The van der Waals surface area contributed by atoms with Gasteiger partial charge in [0.15, 0.2) is 0 Å². The number of ether oxygens (including phenoxy) is 1. The molecule has 0 N–H and O–H groups in total. The summed E-state index contributed by atoms with van der Waals surface area (Å²) >= 11 is 11.9. The monoisotopic (exact) mass is 264 g/mol. The summed E-state index contributed by atoms with van der Waals surface area (Å²) in [5.41, 5.74) is 0.309. The molecule has 1 aromatic heterocycles. The minimum absolute atomic E-state index is 0.166. The Hall–Kier alpha value is -1.76. The zero-order valence-electron chi connectivity index (χ0n) is 8.52. The van der Waals surface area contributed by atoms with E-state index in [0.717, 1.165) is 0 Å². The Labute approximate surface area is 108 Å². The maximum atomic E-state index is 8.82. The van der Waals surface area contributed by atoms with Crippen LogP contribution in [-0.2, 0) is 0 Å². The lowest BCUT2D eigenvalue weighted by molar-refractivity contribution is 0.463. The SMILES string of the molecule is N#Cc1ccnc(Oc2ccccc2Cl)c1Cl. The van der Waals surface area contributed by atoms with Gasteiger partial charge in [0.1, 0.15) is 16.8 Å². The van der Waals surface area contributed by atoms with E-state index in [2.05, 4.69) is 4.98 Å². The van der Waals surface area contributed by atoms with E-state index in [0.29, 0.717) is 16.3 Å². The molecule has 0 amide bonds. The van der Waals surface area contributed by atoms with Crippen molar-refractivity contribution in [1.82, 2.24) is 4.98 Å². The number of benzene rings is 1. The predicted molar refractivity (Wildman–Crippen MR) is 65.5 cm³/mol. The summed E-state index contributed by atoms with van der Waals surface area (Å²) in [7, 11) is 0. The molecule has 0 atom stereocenters. The number of nitrogens with zero attached hydrogens (tertiary/aromatic N) is 2. The van der Waals surface area contributed by atoms with Crippen LogP contribution in [0, 0.1) is 11.3 Å². The molecule has 0 aliphatic rings. The van der Waals surface area contributed by atoms with Crippen LogP contribution in [0.1, 0.15) is 5.56 Å². The Bertz CT molecular complexity index is 593. The second-order valence-electron chi connectivity index (χ2n) is 3.12. The van der Waals surface area contributed by atoms with Gasteiger partial charge in [0, 0.05) is 6.20 Å². The molecule has 0 aliphatic carbocycles. The first-order valence-corrected chi connectivity index (χ1v) is 5.45. The fraction of sp³-hybridized carbons (Fsp3) is 0. The molecule has 84 valence electrons. The van der Waals surface area contributed by atoms with Crippen molar-refractivity contribution in [2.75, 3.05) is 0 Å². The molecule has 0 aliphatic heterocycles. The Balaban J connectivity index is 2.38. The Morgan fingerprint density at radius 2 is 1.94 bits per heavy atom. The van der Waals surface area contributed by atoms with E-state index in [1.807, 2.05) is 6.07 Å². The molecule has 2 rings (SSSR count). The molecular weight excluding hydrogens is 259 g/mol. The van der Waals surface area contributed by atoms with Crippen LogP contribution in [-0.4, -0.2) is 4.98 Å². The highest BCUT2D eigenvalue weighted by Crippen LogP contribution is 2.32. The van der Waals surface area contributed by atoms with Crippen LogP contribution < -0.4 is 4.74 Å². The standard InChI is InChI=1S/C12H6Cl2N2O/c13-9-3-1-2-4-10(9)17-12-11(14)8(7-15)5-6-16-12/h1-6H. The average Bonchev–Trinajstić information content (AvgIpc) is 2.34. The molecule has 0 fully saturated rings. The van der Waals surface area contributed by atoms with Crippen molar-refractivity contribution in [1.29, 1.82) is 5.26 Å². The highest BCUT2D eigenvalue weighted by Gasteiger charge is 2.10. The fourth-order valence-corrected chi connectivity index (χ4v) is 1.58. The van der Waals surface area contributed by atoms with Crippen molar-refractivity contribution in [3.63, 3.8) is 0 Å². The van der Waals surface area contributed by atoms with Gasteiger partial charge in [-0.2, -0.15) is 5.26 Å². The number of hydrogen-bond acceptors (Lipinski definition) is 3. The summed E-state index contributed by atoms with van der Waals surface area (Å²) in [5, 5.41) is 9.45. The summed E-state index contributed by atoms with van der Waals surface area (Å²) < 4.78 is 5.46. The molecule has 0 radical (unpaired) electrons. The van der Waals surface area contributed by atoms with Gasteiger partial charge in [-0.3, -0.25) is 0 Å². The third-order valence-corrected chi connectivity index (χ3v) is 2.70. The molecule has 1 aromatic carbocycles. The Kier molecular flexibility index (Phi) is 3.48. The van der Waals surface area contributed by atoms with Crippen LogP contribution in [0.5, 0.6) is 11.6 Å². The lowest BCUT2D eigenvalue weighted by Crippen LogP contribution is -1.91. The molecule has 1 heterocycles. The molecule has 0 spiro atoms. The van der Waals surface area contributed by atoms with E-state index in [9.17, 15) is 0 Å². The van der Waals surface area contributed by atoms with Crippen LogP contribution in [0.3, 0.4) is 0 Å². The Morgan fingerprint density at radius 3 is 2.65 bits per heavy atom. The summed E-state index contributed by atoms with van der Waals surface area (Å²) in [4.78, 5) is 3.96. The normalized spacial score (nSPS) is 9.71. The third kappa shape index (κ3) is 2.50. The van der Waals surface area contributed by atoms with Gasteiger partial charge in [-0.05, 0) is 18.2 Å². The summed E-state index contributed by atoms with van der Waals surface area (Å²) in [6.45, 7) is 0. The number of halogens is 2. The van der Waals surface area contributed by atoms with Crippen molar-refractivity contribution in [3.8, 4) is 17.7 Å². The van der Waals surface area contributed by atoms with Crippen molar-refractivity contribution < 1.29 is 4.74 Å². The second kappa shape index (κ2) is 5.05. The van der Waals surface area contributed by atoms with Gasteiger partial charge in [-0.25, -0.2) is 4.98 Å². The summed E-state index contributed by atoms with van der Waals surface area (Å²) in [5.74, 6) is 0.609. The minimum Gasteiger partial charge on any atom is -0.436 e. The van der Waals surface area contributed by atoms with Crippen molar-refractivity contribution in [2.24, 2.45) is 0 Å². The van der Waals surface area contributed by atoms with Gasteiger partial charge in [0.05, 0.1) is 10.6 Å². The van der Waals surface area contributed by atoms with Gasteiger partial charge >= 0.3 is 0 Å². The van der Waals surface area contributed by atoms with Gasteiger partial charge in [0.25, 0.3) is 0 Å². The number of para-hydroxylation sites is 1. The highest BCUT2D eigenvalue weighted by atomic mass is 35.5. The Morgan fingerprint density at radius 1 is 1.18 bits per heavy atom. The number of rotatable bonds is 2. The van der Waals surface area contributed by atoms with E-state index >= 15 is 0 Å². The molecule has 0 saturated carbocycles. The van der Waals surface area contributed by atoms with E-state index < -0.39 is 0 Å². The molecule has 0 saturated heterocycles. The van der Waals surface area contributed by atoms with Gasteiger partial charge in [0.2, 0.25) is 5.88 Å². The molecule has 3 nitrogen and oxygen atoms in total. The zero-order valence-corrected chi connectivity index (χ0v) is 10.0. The van der Waals surface area contributed by atoms with E-state index in [4.69, 9.17) is 33.2 Å². The maximum absolute atomic E-state index is 8.82. The number of nitriles is 1. The second-order valence-corrected chi connectivity index (χ2v) is 3.91. The van der Waals surface area contributed by atoms with E-state index in [1.54, 1.807) is 24.3 Å². The van der Waals surface area contributed by atoms with E-state index in [1.165, 1.54) is 12.3 Å². The molecule has 17 heavy (non-hydrogen) atoms. The average molecular weight is 265 g/mol. The topological polar surface area (TPSA) is 45.9 Å². The molecule has 0 bridgehead atoms. The van der Waals surface area contributed by atoms with Crippen LogP contribution in [0.2, 0.25) is 10.0 Å². The minimum atomic E-state index is 0.166. The third-order valence-electron chi connectivity index (χ3n) is 2.02. The number of hydrogen-bond donors (Lipinski definition) is 0. The van der Waals surface area contributed by atoms with Crippen LogP contribution in [0.15, 0.2) is 36.5 Å². The highest BCUT2D eigenvalue weighted by molar-refractivity contribution is 6.33. The first-order valence-electron chi connectivity index (χ1n) is 4.69. The fourth-order valence-electron chi connectivity index (χ4n) is 1.21. The van der Waals surface area contributed by atoms with Crippen LogP contribution >= 0.6 is 23.2 Å². The van der Waals surface area contributed by atoms with Gasteiger partial charge in [-0.15, -0.1) is 0 Å². The molecule has 2 aromatic rings. The summed E-state index contributed by atoms with van der Waals surface area (Å²) in [6.07, 6.45) is 1.45. The molecule has 5 heteroatoms. The predicted octanol–water partition coefficient (Wildman–Crippen LogP) is 4.05. The zero-order chi connectivity index (χ0) is 12.3. The van der Waals surface area contributed by atoms with E-state index in [-0.39, 0.29) is 10.9 Å². The summed E-state index contributed by atoms with van der Waals surface area (Å²) in [6, 6.07) is 10.4. The smallest absolute Gasteiger partial charge is 0.239 e. The number of pyridine rings is 1. The van der Waals surface area contributed by atoms with Crippen molar-refractivity contribution in [3.05, 3.63) is 52.1 Å². The van der Waals surface area contributed by atoms with Crippen LogP contribution in [0.4, 0.5) is 0 Å². The lowest BCUT2D eigenvalue weighted by Gasteiger charge is -2.07. The van der Waals surface area contributed by atoms with Crippen LogP contribution in [0.25, 0.3) is 0 Å². The van der Waals surface area contributed by atoms with Gasteiger partial charge < -0.3 is 4.74 Å². The molecular formula is C12H6Cl2N2O. The first-order chi connectivity index (χ1) is 8.22. The maximum Gasteiger partial charge on any atom is 0.239 e. The first kappa shape index (κ1) is 11.7.